The number of ether oxygens (including phenoxy) is 1. The second kappa shape index (κ2) is 5.75. The zero-order valence-corrected chi connectivity index (χ0v) is 11.8. The molecule has 1 aromatic carbocycles. The number of nitrogens with one attached hydrogen (secondary N) is 1. The van der Waals surface area contributed by atoms with Gasteiger partial charge in [-0.3, -0.25) is 0 Å². The third kappa shape index (κ3) is 3.26. The Morgan fingerprint density at radius 1 is 1.39 bits per heavy atom. The molecule has 0 aliphatic carbocycles. The van der Waals surface area contributed by atoms with Crippen LogP contribution in [-0.2, 0) is 11.2 Å². The van der Waals surface area contributed by atoms with Crippen molar-refractivity contribution >= 4 is 5.69 Å². The molecule has 1 aromatic rings. The maximum Gasteiger partial charge on any atom is 0.0671 e. The predicted molar refractivity (Wildman–Crippen MR) is 77.1 cm³/mol. The first-order chi connectivity index (χ1) is 8.65. The van der Waals surface area contributed by atoms with E-state index < -0.39 is 0 Å². The van der Waals surface area contributed by atoms with Crippen molar-refractivity contribution in [2.45, 2.75) is 58.1 Å². The maximum absolute atomic E-state index is 5.89. The van der Waals surface area contributed by atoms with Gasteiger partial charge in [0.15, 0.2) is 0 Å². The van der Waals surface area contributed by atoms with E-state index in [4.69, 9.17) is 4.74 Å². The van der Waals surface area contributed by atoms with Gasteiger partial charge in [-0.1, -0.05) is 26.0 Å². The van der Waals surface area contributed by atoms with Crippen LogP contribution in [0.4, 0.5) is 5.69 Å². The second-order valence-corrected chi connectivity index (χ2v) is 5.54. The van der Waals surface area contributed by atoms with Crippen molar-refractivity contribution in [1.82, 2.24) is 0 Å². The van der Waals surface area contributed by atoms with Crippen LogP contribution in [0, 0.1) is 0 Å². The molecule has 1 heterocycles. The quantitative estimate of drug-likeness (QED) is 0.868. The van der Waals surface area contributed by atoms with Crippen LogP contribution < -0.4 is 5.32 Å². The van der Waals surface area contributed by atoms with Gasteiger partial charge in [0.25, 0.3) is 0 Å². The Bertz CT molecular complexity index is 390. The van der Waals surface area contributed by atoms with Crippen molar-refractivity contribution in [2.24, 2.45) is 0 Å². The summed E-state index contributed by atoms with van der Waals surface area (Å²) in [4.78, 5) is 0. The highest BCUT2D eigenvalue weighted by atomic mass is 16.5. The van der Waals surface area contributed by atoms with Crippen molar-refractivity contribution in [3.8, 4) is 0 Å². The summed E-state index contributed by atoms with van der Waals surface area (Å²) in [6.45, 7) is 7.50. The smallest absolute Gasteiger partial charge is 0.0671 e. The van der Waals surface area contributed by atoms with Crippen molar-refractivity contribution < 1.29 is 4.74 Å². The Labute approximate surface area is 111 Å². The largest absolute Gasteiger partial charge is 0.382 e. The van der Waals surface area contributed by atoms with Crippen molar-refractivity contribution in [3.05, 3.63) is 29.8 Å². The lowest BCUT2D eigenvalue weighted by atomic mass is 9.90. The molecule has 0 radical (unpaired) electrons. The van der Waals surface area contributed by atoms with Gasteiger partial charge < -0.3 is 10.1 Å². The Hall–Kier alpha value is -1.02. The lowest BCUT2D eigenvalue weighted by Gasteiger charge is -2.38. The normalized spacial score (nSPS) is 28.1. The van der Waals surface area contributed by atoms with Gasteiger partial charge in [0.1, 0.15) is 0 Å². The highest BCUT2D eigenvalue weighted by Crippen LogP contribution is 2.29. The monoisotopic (exact) mass is 247 g/mol. The van der Waals surface area contributed by atoms with E-state index in [1.165, 1.54) is 11.3 Å². The molecule has 1 aliphatic rings. The number of hydrogen-bond donors (Lipinski definition) is 1. The summed E-state index contributed by atoms with van der Waals surface area (Å²) < 4.78 is 5.89. The molecule has 2 atom stereocenters. The molecule has 2 nitrogen and oxygen atoms in total. The summed E-state index contributed by atoms with van der Waals surface area (Å²) in [5.41, 5.74) is 2.70. The van der Waals surface area contributed by atoms with Crippen LogP contribution in [0.3, 0.4) is 0 Å². The molecular weight excluding hydrogens is 222 g/mol. The molecular formula is C16H25NO. The van der Waals surface area contributed by atoms with E-state index in [0.29, 0.717) is 6.04 Å². The molecule has 2 rings (SSSR count). The van der Waals surface area contributed by atoms with E-state index in [-0.39, 0.29) is 5.60 Å². The zero-order chi connectivity index (χ0) is 13.0. The van der Waals surface area contributed by atoms with Crippen LogP contribution >= 0.6 is 0 Å². The highest BCUT2D eigenvalue weighted by Gasteiger charge is 2.31. The fraction of sp³-hybridized carbons (Fsp3) is 0.625. The van der Waals surface area contributed by atoms with Gasteiger partial charge in [-0.05, 0) is 50.3 Å². The van der Waals surface area contributed by atoms with Gasteiger partial charge >= 0.3 is 0 Å². The molecule has 0 amide bonds. The van der Waals surface area contributed by atoms with E-state index in [0.717, 1.165) is 32.3 Å². The third-order valence-corrected chi connectivity index (χ3v) is 4.05. The Kier molecular flexibility index (Phi) is 4.28. The lowest BCUT2D eigenvalue weighted by molar-refractivity contribution is -0.0708. The van der Waals surface area contributed by atoms with Gasteiger partial charge in [0.2, 0.25) is 0 Å². The minimum Gasteiger partial charge on any atom is -0.382 e. The molecule has 0 aromatic heterocycles. The average molecular weight is 247 g/mol. The van der Waals surface area contributed by atoms with Crippen molar-refractivity contribution in [3.63, 3.8) is 0 Å². The molecule has 0 bridgehead atoms. The fourth-order valence-corrected chi connectivity index (χ4v) is 2.62. The van der Waals surface area contributed by atoms with E-state index in [1.807, 2.05) is 0 Å². The number of anilines is 1. The van der Waals surface area contributed by atoms with Gasteiger partial charge in [0.05, 0.1) is 5.60 Å². The minimum absolute atomic E-state index is 0.0539. The Balaban J connectivity index is 2.00. The van der Waals surface area contributed by atoms with E-state index >= 15 is 0 Å². The van der Waals surface area contributed by atoms with Crippen molar-refractivity contribution in [2.75, 3.05) is 11.9 Å². The molecule has 2 unspecified atom stereocenters. The summed E-state index contributed by atoms with van der Waals surface area (Å²) in [5, 5.41) is 3.67. The van der Waals surface area contributed by atoms with E-state index in [2.05, 4.69) is 50.4 Å². The van der Waals surface area contributed by atoms with Gasteiger partial charge in [-0.15, -0.1) is 0 Å². The third-order valence-electron chi connectivity index (χ3n) is 4.05. The average Bonchev–Trinajstić information content (AvgIpc) is 2.39. The predicted octanol–water partition coefficient (Wildman–Crippen LogP) is 4.01. The maximum atomic E-state index is 5.89. The molecule has 0 saturated carbocycles. The molecule has 1 N–H and O–H groups in total. The Morgan fingerprint density at radius 3 is 2.94 bits per heavy atom. The molecule has 18 heavy (non-hydrogen) atoms. The molecule has 100 valence electrons. The van der Waals surface area contributed by atoms with Crippen LogP contribution in [0.5, 0.6) is 0 Å². The van der Waals surface area contributed by atoms with Crippen LogP contribution in [0.25, 0.3) is 0 Å². The summed E-state index contributed by atoms with van der Waals surface area (Å²) >= 11 is 0. The van der Waals surface area contributed by atoms with Crippen LogP contribution in [-0.4, -0.2) is 18.2 Å². The number of benzene rings is 1. The van der Waals surface area contributed by atoms with Gasteiger partial charge in [-0.2, -0.15) is 0 Å². The van der Waals surface area contributed by atoms with Crippen molar-refractivity contribution in [1.29, 1.82) is 0 Å². The lowest BCUT2D eigenvalue weighted by Crippen LogP contribution is -2.41. The summed E-state index contributed by atoms with van der Waals surface area (Å²) in [5.74, 6) is 0. The second-order valence-electron chi connectivity index (χ2n) is 5.54. The summed E-state index contributed by atoms with van der Waals surface area (Å²) in [6, 6.07) is 9.29. The first-order valence-corrected chi connectivity index (χ1v) is 7.14. The first kappa shape index (κ1) is 13.4. The molecule has 1 saturated heterocycles. The van der Waals surface area contributed by atoms with Crippen LogP contribution in [0.1, 0.15) is 45.6 Å². The fourth-order valence-electron chi connectivity index (χ4n) is 2.62. The van der Waals surface area contributed by atoms with E-state index in [1.54, 1.807) is 0 Å². The molecule has 2 heteroatoms. The Morgan fingerprint density at radius 2 is 2.22 bits per heavy atom. The number of hydrogen-bond acceptors (Lipinski definition) is 2. The molecule has 1 fully saturated rings. The van der Waals surface area contributed by atoms with E-state index in [9.17, 15) is 0 Å². The zero-order valence-electron chi connectivity index (χ0n) is 11.8. The summed E-state index contributed by atoms with van der Waals surface area (Å²) in [6.07, 6.45) is 4.38. The van der Waals surface area contributed by atoms with Gasteiger partial charge in [0, 0.05) is 18.3 Å². The van der Waals surface area contributed by atoms with Crippen LogP contribution in [0.15, 0.2) is 24.3 Å². The molecule has 1 aliphatic heterocycles. The van der Waals surface area contributed by atoms with Crippen LogP contribution in [0.2, 0.25) is 0 Å². The first-order valence-electron chi connectivity index (χ1n) is 7.14. The van der Waals surface area contributed by atoms with Gasteiger partial charge in [-0.25, -0.2) is 0 Å². The number of rotatable bonds is 4. The number of aryl methyl sites for hydroxylation is 1. The SMILES string of the molecule is CCc1cccc(NC2CCOC(C)(CC)C2)c1. The minimum atomic E-state index is 0.0539. The standard InChI is InChI=1S/C16H25NO/c1-4-13-7-6-8-14(11-13)17-15-9-10-18-16(3,5-2)12-15/h6-8,11,15,17H,4-5,9-10,12H2,1-3H3. The highest BCUT2D eigenvalue weighted by molar-refractivity contribution is 5.46. The topological polar surface area (TPSA) is 21.3 Å². The molecule has 0 spiro atoms. The summed E-state index contributed by atoms with van der Waals surface area (Å²) in [7, 11) is 0.